The van der Waals surface area contributed by atoms with Crippen molar-refractivity contribution < 1.29 is 9.90 Å². The van der Waals surface area contributed by atoms with Crippen molar-refractivity contribution >= 4 is 5.78 Å². The number of Topliss-reactive ketones (excluding diaryl/α,β-unsaturated/α-hetero) is 1. The quantitative estimate of drug-likeness (QED) is 0.771. The maximum atomic E-state index is 11.6. The van der Waals surface area contributed by atoms with Crippen LogP contribution in [-0.2, 0) is 4.79 Å². The van der Waals surface area contributed by atoms with Crippen LogP contribution in [-0.4, -0.2) is 41.0 Å². The molecule has 0 aromatic rings. The van der Waals surface area contributed by atoms with E-state index >= 15 is 0 Å². The Kier molecular flexibility index (Phi) is 3.90. The van der Waals surface area contributed by atoms with Gasteiger partial charge in [-0.05, 0) is 13.3 Å². The first-order valence-electron chi connectivity index (χ1n) is 5.83. The largest absolute Gasteiger partial charge is 0.392 e. The summed E-state index contributed by atoms with van der Waals surface area (Å²) in [5, 5.41) is 9.82. The van der Waals surface area contributed by atoms with Crippen molar-refractivity contribution in [2.45, 2.75) is 52.7 Å². The minimum atomic E-state index is -0.238. The molecule has 1 heterocycles. The standard InChI is InChI=1S/C12H23NO2/c1-5-10(14)9(2)13-7-6-11(15)12(3,4)8-13/h9,11,15H,5-8H2,1-4H3. The zero-order valence-electron chi connectivity index (χ0n) is 10.3. The lowest BCUT2D eigenvalue weighted by molar-refractivity contribution is -0.126. The van der Waals surface area contributed by atoms with E-state index in [1.807, 2.05) is 13.8 Å². The first-order chi connectivity index (χ1) is 6.88. The van der Waals surface area contributed by atoms with E-state index in [0.29, 0.717) is 12.2 Å². The fourth-order valence-corrected chi connectivity index (χ4v) is 2.22. The van der Waals surface area contributed by atoms with Crippen molar-refractivity contribution in [1.29, 1.82) is 0 Å². The van der Waals surface area contributed by atoms with Crippen molar-refractivity contribution in [1.82, 2.24) is 4.90 Å². The van der Waals surface area contributed by atoms with Gasteiger partial charge in [0, 0.05) is 24.9 Å². The normalized spacial score (nSPS) is 28.7. The molecular weight excluding hydrogens is 190 g/mol. The van der Waals surface area contributed by atoms with Crippen LogP contribution in [0.2, 0.25) is 0 Å². The predicted octanol–water partition coefficient (Wildman–Crippen LogP) is 1.45. The highest BCUT2D eigenvalue weighted by molar-refractivity contribution is 5.83. The molecule has 1 rings (SSSR count). The van der Waals surface area contributed by atoms with Crippen LogP contribution >= 0.6 is 0 Å². The molecule has 1 saturated heterocycles. The number of aliphatic hydroxyl groups is 1. The zero-order valence-corrected chi connectivity index (χ0v) is 10.3. The summed E-state index contributed by atoms with van der Waals surface area (Å²) in [5.41, 5.74) is -0.0967. The Morgan fingerprint density at radius 2 is 2.20 bits per heavy atom. The minimum absolute atomic E-state index is 0.00164. The molecular formula is C12H23NO2. The molecule has 3 nitrogen and oxygen atoms in total. The van der Waals surface area contributed by atoms with E-state index in [9.17, 15) is 9.90 Å². The molecule has 0 amide bonds. The molecule has 0 aliphatic carbocycles. The van der Waals surface area contributed by atoms with E-state index in [2.05, 4.69) is 18.7 Å². The summed E-state index contributed by atoms with van der Waals surface area (Å²) < 4.78 is 0. The second kappa shape index (κ2) is 4.62. The number of ketones is 1. The van der Waals surface area contributed by atoms with Gasteiger partial charge < -0.3 is 5.11 Å². The fraction of sp³-hybridized carbons (Fsp3) is 0.917. The van der Waals surface area contributed by atoms with Gasteiger partial charge in [-0.15, -0.1) is 0 Å². The van der Waals surface area contributed by atoms with Crippen LogP contribution in [0.15, 0.2) is 0 Å². The van der Waals surface area contributed by atoms with Gasteiger partial charge >= 0.3 is 0 Å². The molecule has 88 valence electrons. The molecule has 1 aliphatic heterocycles. The summed E-state index contributed by atoms with van der Waals surface area (Å²) >= 11 is 0. The van der Waals surface area contributed by atoms with E-state index in [1.54, 1.807) is 0 Å². The van der Waals surface area contributed by atoms with Crippen molar-refractivity contribution in [3.63, 3.8) is 0 Å². The summed E-state index contributed by atoms with van der Waals surface area (Å²) in [6, 6.07) is 0.00164. The zero-order chi connectivity index (χ0) is 11.6. The van der Waals surface area contributed by atoms with Crippen molar-refractivity contribution in [3.8, 4) is 0 Å². The number of hydrogen-bond acceptors (Lipinski definition) is 3. The lowest BCUT2D eigenvalue weighted by atomic mass is 9.80. The molecule has 2 unspecified atom stereocenters. The number of aliphatic hydroxyl groups excluding tert-OH is 1. The molecule has 0 radical (unpaired) electrons. The van der Waals surface area contributed by atoms with Gasteiger partial charge in [-0.2, -0.15) is 0 Å². The number of piperidine rings is 1. The van der Waals surface area contributed by atoms with Gasteiger partial charge in [0.1, 0.15) is 5.78 Å². The van der Waals surface area contributed by atoms with Gasteiger partial charge in [0.2, 0.25) is 0 Å². The van der Waals surface area contributed by atoms with E-state index in [1.165, 1.54) is 0 Å². The second-order valence-corrected chi connectivity index (χ2v) is 5.26. The Bertz CT molecular complexity index is 238. The molecule has 0 saturated carbocycles. The van der Waals surface area contributed by atoms with Gasteiger partial charge in [-0.3, -0.25) is 9.69 Å². The summed E-state index contributed by atoms with van der Waals surface area (Å²) in [7, 11) is 0. The van der Waals surface area contributed by atoms with E-state index in [4.69, 9.17) is 0 Å². The predicted molar refractivity (Wildman–Crippen MR) is 60.7 cm³/mol. The monoisotopic (exact) mass is 213 g/mol. The average molecular weight is 213 g/mol. The van der Waals surface area contributed by atoms with Gasteiger partial charge in [0.05, 0.1) is 12.1 Å². The highest BCUT2D eigenvalue weighted by Crippen LogP contribution is 2.30. The Balaban J connectivity index is 2.63. The number of nitrogens with zero attached hydrogens (tertiary/aromatic N) is 1. The van der Waals surface area contributed by atoms with Gasteiger partial charge in [-0.1, -0.05) is 20.8 Å². The maximum Gasteiger partial charge on any atom is 0.149 e. The number of likely N-dealkylation sites (tertiary alicyclic amines) is 1. The first-order valence-corrected chi connectivity index (χ1v) is 5.83. The maximum absolute atomic E-state index is 11.6. The molecule has 0 aromatic carbocycles. The van der Waals surface area contributed by atoms with E-state index in [-0.39, 0.29) is 17.6 Å². The third kappa shape index (κ3) is 2.79. The Morgan fingerprint density at radius 1 is 1.60 bits per heavy atom. The smallest absolute Gasteiger partial charge is 0.149 e. The number of carbonyl (C=O) groups excluding carboxylic acids is 1. The lowest BCUT2D eigenvalue weighted by Gasteiger charge is -2.43. The van der Waals surface area contributed by atoms with Crippen LogP contribution < -0.4 is 0 Å². The molecule has 0 aromatic heterocycles. The topological polar surface area (TPSA) is 40.5 Å². The molecule has 0 spiro atoms. The first kappa shape index (κ1) is 12.7. The summed E-state index contributed by atoms with van der Waals surface area (Å²) in [4.78, 5) is 13.8. The number of hydrogen-bond donors (Lipinski definition) is 1. The number of carbonyl (C=O) groups is 1. The van der Waals surface area contributed by atoms with Crippen LogP contribution in [0, 0.1) is 5.41 Å². The minimum Gasteiger partial charge on any atom is -0.392 e. The Morgan fingerprint density at radius 3 is 2.67 bits per heavy atom. The van der Waals surface area contributed by atoms with Crippen molar-refractivity contribution in [2.75, 3.05) is 13.1 Å². The van der Waals surface area contributed by atoms with Gasteiger partial charge in [0.25, 0.3) is 0 Å². The van der Waals surface area contributed by atoms with Gasteiger partial charge in [0.15, 0.2) is 0 Å². The lowest BCUT2D eigenvalue weighted by Crippen LogP contribution is -2.53. The van der Waals surface area contributed by atoms with Crippen molar-refractivity contribution in [2.24, 2.45) is 5.41 Å². The molecule has 15 heavy (non-hydrogen) atoms. The second-order valence-electron chi connectivity index (χ2n) is 5.26. The third-order valence-electron chi connectivity index (χ3n) is 3.56. The van der Waals surface area contributed by atoms with Crippen LogP contribution in [0.3, 0.4) is 0 Å². The van der Waals surface area contributed by atoms with Crippen LogP contribution in [0.5, 0.6) is 0 Å². The molecule has 1 fully saturated rings. The number of rotatable bonds is 3. The van der Waals surface area contributed by atoms with Crippen LogP contribution in [0.1, 0.15) is 40.5 Å². The van der Waals surface area contributed by atoms with Crippen molar-refractivity contribution in [3.05, 3.63) is 0 Å². The third-order valence-corrected chi connectivity index (χ3v) is 3.56. The van der Waals surface area contributed by atoms with Crippen LogP contribution in [0.25, 0.3) is 0 Å². The fourth-order valence-electron chi connectivity index (χ4n) is 2.22. The molecule has 3 heteroatoms. The molecule has 1 N–H and O–H groups in total. The Hall–Kier alpha value is -0.410. The highest BCUT2D eigenvalue weighted by atomic mass is 16.3. The summed E-state index contributed by atoms with van der Waals surface area (Å²) in [6.07, 6.45) is 1.13. The average Bonchev–Trinajstić information content (AvgIpc) is 2.19. The van der Waals surface area contributed by atoms with Gasteiger partial charge in [-0.25, -0.2) is 0 Å². The summed E-state index contributed by atoms with van der Waals surface area (Å²) in [5.74, 6) is 0.294. The SMILES string of the molecule is CCC(=O)C(C)N1CCC(O)C(C)(C)C1. The Labute approximate surface area is 92.5 Å². The van der Waals surface area contributed by atoms with E-state index < -0.39 is 0 Å². The highest BCUT2D eigenvalue weighted by Gasteiger charge is 2.37. The summed E-state index contributed by atoms with van der Waals surface area (Å²) in [6.45, 7) is 9.64. The van der Waals surface area contributed by atoms with E-state index in [0.717, 1.165) is 19.5 Å². The molecule has 0 bridgehead atoms. The molecule has 2 atom stereocenters. The molecule has 1 aliphatic rings. The van der Waals surface area contributed by atoms with Crippen LogP contribution in [0.4, 0.5) is 0 Å².